The molecule has 198 valence electrons. The Bertz CT molecular complexity index is 1230. The first-order chi connectivity index (χ1) is 17.5. The highest BCUT2D eigenvalue weighted by molar-refractivity contribution is 5.81. The molecular weight excluding hydrogens is 454 g/mol. The summed E-state index contributed by atoms with van der Waals surface area (Å²) in [7, 11) is 0. The molecule has 0 bridgehead atoms. The van der Waals surface area contributed by atoms with Gasteiger partial charge in [0.15, 0.2) is 5.82 Å². The van der Waals surface area contributed by atoms with Gasteiger partial charge < -0.3 is 9.55 Å². The highest BCUT2D eigenvalue weighted by Crippen LogP contribution is 2.21. The lowest BCUT2D eigenvalue weighted by Gasteiger charge is -2.16. The lowest BCUT2D eigenvalue weighted by Crippen LogP contribution is -2.29. The van der Waals surface area contributed by atoms with Crippen LogP contribution in [-0.4, -0.2) is 24.5 Å². The average Bonchev–Trinajstić information content (AvgIpc) is 2.84. The van der Waals surface area contributed by atoms with E-state index in [-0.39, 0.29) is 16.9 Å². The molecule has 3 heterocycles. The Morgan fingerprint density at radius 1 is 0.694 bits per heavy atom. The molecule has 3 rings (SSSR count). The first kappa shape index (κ1) is 27.8. The predicted octanol–water partition coefficient (Wildman–Crippen LogP) is 5.84. The molecule has 8 heteroatoms. The molecule has 8 nitrogen and oxygen atoms in total. The third kappa shape index (κ3) is 8.14. The fraction of sp³-hybridized carbons (Fsp3) is 0.679. The lowest BCUT2D eigenvalue weighted by molar-refractivity contribution is 0.522. The molecule has 36 heavy (non-hydrogen) atoms. The molecule has 0 aromatic carbocycles. The van der Waals surface area contributed by atoms with Gasteiger partial charge >= 0.3 is 5.69 Å². The van der Waals surface area contributed by atoms with Crippen LogP contribution in [0.25, 0.3) is 22.4 Å². The van der Waals surface area contributed by atoms with Gasteiger partial charge in [0.1, 0.15) is 11.5 Å². The van der Waals surface area contributed by atoms with Gasteiger partial charge in [0, 0.05) is 6.54 Å². The molecule has 0 spiro atoms. The first-order valence-corrected chi connectivity index (χ1v) is 14.1. The smallest absolute Gasteiger partial charge is 0.310 e. The van der Waals surface area contributed by atoms with E-state index in [1.54, 1.807) is 11.5 Å². The van der Waals surface area contributed by atoms with Crippen LogP contribution in [0.5, 0.6) is 0 Å². The van der Waals surface area contributed by atoms with Gasteiger partial charge in [0.25, 0.3) is 11.1 Å². The standard InChI is InChI=1S/C28H43N5O3/c1-3-4-5-6-7-8-9-10-11-12-13-14-15-16-17-18-19-33-24-22(26(34)30-21(2)29-24)20-23-25(33)31-28(36)32-27(23)35/h20H,3-19H2,1-2H3,(H,29,30,34)(H,32,35,36). The molecule has 0 saturated heterocycles. The Kier molecular flexibility index (Phi) is 11.4. The number of pyridine rings is 1. The maximum absolute atomic E-state index is 12.5. The van der Waals surface area contributed by atoms with Gasteiger partial charge in [-0.1, -0.05) is 103 Å². The molecule has 1 aromatic rings. The van der Waals surface area contributed by atoms with Crippen LogP contribution in [0.15, 0.2) is 20.4 Å². The maximum atomic E-state index is 12.5. The third-order valence-electron chi connectivity index (χ3n) is 7.00. The van der Waals surface area contributed by atoms with Crippen molar-refractivity contribution >= 4 is 11.0 Å². The van der Waals surface area contributed by atoms with Crippen molar-refractivity contribution in [1.29, 1.82) is 0 Å². The van der Waals surface area contributed by atoms with E-state index in [4.69, 9.17) is 0 Å². The highest BCUT2D eigenvalue weighted by atomic mass is 16.2. The van der Waals surface area contributed by atoms with Crippen LogP contribution in [0.4, 0.5) is 0 Å². The van der Waals surface area contributed by atoms with Crippen molar-refractivity contribution in [2.45, 2.75) is 123 Å². The number of aromatic nitrogens is 5. The monoisotopic (exact) mass is 497 g/mol. The van der Waals surface area contributed by atoms with Crippen molar-refractivity contribution < 1.29 is 0 Å². The Morgan fingerprint density at radius 2 is 1.22 bits per heavy atom. The zero-order chi connectivity index (χ0) is 25.8. The molecule has 0 unspecified atom stereocenters. The minimum absolute atomic E-state index is 0.231. The van der Waals surface area contributed by atoms with E-state index in [1.165, 1.54) is 89.5 Å². The molecule has 2 aliphatic heterocycles. The van der Waals surface area contributed by atoms with Crippen LogP contribution in [-0.2, 0) is 6.54 Å². The maximum Gasteiger partial charge on any atom is 0.349 e. The number of hydrogen-bond acceptors (Lipinski definition) is 5. The van der Waals surface area contributed by atoms with Gasteiger partial charge in [0.2, 0.25) is 0 Å². The van der Waals surface area contributed by atoms with Crippen molar-refractivity contribution in [3.05, 3.63) is 43.1 Å². The van der Waals surface area contributed by atoms with Crippen molar-refractivity contribution in [2.24, 2.45) is 0 Å². The molecular formula is C28H43N5O3. The fourth-order valence-corrected chi connectivity index (χ4v) is 4.98. The van der Waals surface area contributed by atoms with E-state index in [2.05, 4.69) is 26.9 Å². The second-order valence-corrected chi connectivity index (χ2v) is 10.1. The average molecular weight is 498 g/mol. The second-order valence-electron chi connectivity index (χ2n) is 10.1. The summed E-state index contributed by atoms with van der Waals surface area (Å²) in [5.41, 5.74) is -0.829. The van der Waals surface area contributed by atoms with E-state index >= 15 is 0 Å². The number of nitrogens with one attached hydrogen (secondary N) is 2. The Hall–Kier alpha value is -2.77. The van der Waals surface area contributed by atoms with Gasteiger partial charge in [-0.15, -0.1) is 0 Å². The summed E-state index contributed by atoms with van der Waals surface area (Å²) in [6.45, 7) is 4.54. The Labute approximate surface area is 213 Å². The lowest BCUT2D eigenvalue weighted by atomic mass is 10.0. The Balaban J connectivity index is 1.40. The summed E-state index contributed by atoms with van der Waals surface area (Å²) in [6, 6.07) is 1.48. The molecule has 0 fully saturated rings. The van der Waals surface area contributed by atoms with E-state index in [0.717, 1.165) is 19.3 Å². The van der Waals surface area contributed by atoms with Crippen LogP contribution in [0, 0.1) is 6.92 Å². The van der Waals surface area contributed by atoms with Crippen LogP contribution < -0.4 is 16.8 Å². The van der Waals surface area contributed by atoms with Crippen LogP contribution >= 0.6 is 0 Å². The molecule has 2 aliphatic rings. The van der Waals surface area contributed by atoms with Crippen molar-refractivity contribution in [3.63, 3.8) is 0 Å². The summed E-state index contributed by atoms with van der Waals surface area (Å²) in [4.78, 5) is 50.1. The van der Waals surface area contributed by atoms with E-state index in [0.29, 0.717) is 23.4 Å². The second kappa shape index (κ2) is 14.7. The molecule has 0 amide bonds. The fourth-order valence-electron chi connectivity index (χ4n) is 4.98. The number of aryl methyl sites for hydroxylation is 2. The van der Waals surface area contributed by atoms with Gasteiger partial charge in [0.05, 0.1) is 10.9 Å². The zero-order valence-corrected chi connectivity index (χ0v) is 22.2. The van der Waals surface area contributed by atoms with Gasteiger partial charge in [-0.05, 0) is 19.4 Å². The molecule has 0 atom stereocenters. The largest absolute Gasteiger partial charge is 0.349 e. The third-order valence-corrected chi connectivity index (χ3v) is 7.00. The number of nitrogens with zero attached hydrogens (tertiary/aromatic N) is 3. The topological polar surface area (TPSA) is 113 Å². The summed E-state index contributed by atoms with van der Waals surface area (Å²) < 4.78 is 1.76. The van der Waals surface area contributed by atoms with Crippen molar-refractivity contribution in [1.82, 2.24) is 24.5 Å². The normalized spacial score (nSPS) is 11.6. The number of fused-ring (bicyclic) bond motifs is 2. The van der Waals surface area contributed by atoms with E-state index in [9.17, 15) is 14.4 Å². The predicted molar refractivity (Wildman–Crippen MR) is 146 cm³/mol. The molecule has 0 aliphatic carbocycles. The highest BCUT2D eigenvalue weighted by Gasteiger charge is 2.19. The van der Waals surface area contributed by atoms with Gasteiger partial charge in [-0.3, -0.25) is 14.6 Å². The summed E-state index contributed by atoms with van der Waals surface area (Å²) in [5, 5.41) is 0.329. The Morgan fingerprint density at radius 3 is 1.78 bits per heavy atom. The van der Waals surface area contributed by atoms with Gasteiger partial charge in [-0.2, -0.15) is 4.98 Å². The van der Waals surface area contributed by atoms with Crippen molar-refractivity contribution in [2.75, 3.05) is 0 Å². The number of rotatable bonds is 17. The zero-order valence-electron chi connectivity index (χ0n) is 22.2. The molecule has 2 N–H and O–H groups in total. The van der Waals surface area contributed by atoms with Crippen molar-refractivity contribution in [3.8, 4) is 11.4 Å². The molecule has 0 radical (unpaired) electrons. The summed E-state index contributed by atoms with van der Waals surface area (Å²) in [5.74, 6) is 0.773. The summed E-state index contributed by atoms with van der Waals surface area (Å²) >= 11 is 0. The number of hydrogen-bond donors (Lipinski definition) is 2. The molecule has 1 aromatic heterocycles. The van der Waals surface area contributed by atoms with Crippen LogP contribution in [0.2, 0.25) is 0 Å². The number of unbranched alkanes of at least 4 members (excludes halogenated alkanes) is 15. The van der Waals surface area contributed by atoms with Gasteiger partial charge in [-0.25, -0.2) is 9.78 Å². The van der Waals surface area contributed by atoms with Crippen LogP contribution in [0.3, 0.4) is 0 Å². The first-order valence-electron chi connectivity index (χ1n) is 14.1. The summed E-state index contributed by atoms with van der Waals surface area (Å²) in [6.07, 6.45) is 20.7. The van der Waals surface area contributed by atoms with Crippen LogP contribution in [0.1, 0.15) is 115 Å². The van der Waals surface area contributed by atoms with E-state index in [1.807, 2.05) is 0 Å². The SMILES string of the molecule is CCCCCCCCCCCCCCCCCCn1c2nc(=O)[nH]c(=O)c-2cc2c(=O)[nH]c(C)nc21. The molecule has 0 saturated carbocycles. The minimum atomic E-state index is -0.686. The minimum Gasteiger partial charge on any atom is -0.310 e. The van der Waals surface area contributed by atoms with E-state index < -0.39 is 11.2 Å². The number of H-pyrrole nitrogens is 2. The quantitative estimate of drug-likeness (QED) is 0.180. The number of aromatic amines is 2.